The van der Waals surface area contributed by atoms with Crippen LogP contribution >= 0.6 is 22.9 Å². The maximum atomic E-state index is 12.3. The molecule has 1 heterocycles. The van der Waals surface area contributed by atoms with E-state index in [0.29, 0.717) is 34.7 Å². The molecule has 0 radical (unpaired) electrons. The van der Waals surface area contributed by atoms with Crippen LogP contribution in [0.4, 0.5) is 4.79 Å². The minimum atomic E-state index is -0.182. The lowest BCUT2D eigenvalue weighted by atomic mass is 10.2. The first-order valence-corrected chi connectivity index (χ1v) is 8.70. The van der Waals surface area contributed by atoms with Crippen LogP contribution in [0.1, 0.15) is 10.4 Å². The number of nitrogens with one attached hydrogen (secondary N) is 1. The summed E-state index contributed by atoms with van der Waals surface area (Å²) >= 11 is 7.37. The number of carbonyl (C=O) groups excluding carboxylic acids is 1. The van der Waals surface area contributed by atoms with Crippen molar-refractivity contribution in [1.82, 2.24) is 10.2 Å². The molecule has 0 aliphatic rings. The Balaban J connectivity index is 2.01. The molecule has 2 amide bonds. The number of benzene rings is 1. The van der Waals surface area contributed by atoms with Gasteiger partial charge in [-0.1, -0.05) is 11.6 Å². The van der Waals surface area contributed by atoms with Gasteiger partial charge in [0.25, 0.3) is 0 Å². The molecular weight excluding hydrogens is 364 g/mol. The predicted octanol–water partition coefficient (Wildman–Crippen LogP) is 3.77. The first kappa shape index (κ1) is 19.2. The van der Waals surface area contributed by atoms with Gasteiger partial charge in [0.2, 0.25) is 5.75 Å². The number of ether oxygens (including phenoxy) is 3. The summed E-state index contributed by atoms with van der Waals surface area (Å²) < 4.78 is 16.6. The van der Waals surface area contributed by atoms with Crippen LogP contribution in [0.15, 0.2) is 24.3 Å². The minimum Gasteiger partial charge on any atom is -0.493 e. The lowest BCUT2D eigenvalue weighted by Crippen LogP contribution is -2.36. The zero-order valence-electron chi connectivity index (χ0n) is 14.6. The summed E-state index contributed by atoms with van der Waals surface area (Å²) in [7, 11) is 6.39. The number of halogens is 1. The van der Waals surface area contributed by atoms with Crippen molar-refractivity contribution in [3.05, 3.63) is 39.0 Å². The number of carbonyl (C=O) groups is 1. The van der Waals surface area contributed by atoms with E-state index in [0.717, 1.165) is 10.4 Å². The maximum Gasteiger partial charge on any atom is 0.317 e. The lowest BCUT2D eigenvalue weighted by Gasteiger charge is -2.18. The number of methoxy groups -OCH3 is 3. The van der Waals surface area contributed by atoms with Crippen molar-refractivity contribution >= 4 is 29.0 Å². The Hall–Kier alpha value is -2.12. The molecule has 0 bridgehead atoms. The molecule has 6 nitrogen and oxygen atoms in total. The first-order valence-electron chi connectivity index (χ1n) is 7.50. The van der Waals surface area contributed by atoms with Gasteiger partial charge >= 0.3 is 6.03 Å². The Labute approximate surface area is 156 Å². The molecule has 2 rings (SSSR count). The molecule has 0 fully saturated rings. The minimum absolute atomic E-state index is 0.182. The first-order chi connectivity index (χ1) is 12.0. The van der Waals surface area contributed by atoms with Gasteiger partial charge in [0.05, 0.1) is 32.2 Å². The summed E-state index contributed by atoms with van der Waals surface area (Å²) in [6, 6.07) is 7.17. The van der Waals surface area contributed by atoms with Gasteiger partial charge in [0.1, 0.15) is 0 Å². The maximum absolute atomic E-state index is 12.3. The number of rotatable bonds is 7. The van der Waals surface area contributed by atoms with Crippen LogP contribution in [0, 0.1) is 0 Å². The molecule has 0 aliphatic heterocycles. The molecule has 0 aliphatic carbocycles. The van der Waals surface area contributed by atoms with Crippen molar-refractivity contribution in [2.24, 2.45) is 0 Å². The van der Waals surface area contributed by atoms with E-state index in [9.17, 15) is 4.79 Å². The zero-order chi connectivity index (χ0) is 18.4. The van der Waals surface area contributed by atoms with Crippen LogP contribution in [-0.2, 0) is 13.1 Å². The van der Waals surface area contributed by atoms with E-state index in [2.05, 4.69) is 5.32 Å². The van der Waals surface area contributed by atoms with Crippen LogP contribution < -0.4 is 19.5 Å². The van der Waals surface area contributed by atoms with E-state index < -0.39 is 0 Å². The molecule has 1 aromatic carbocycles. The number of amides is 2. The third-order valence-corrected chi connectivity index (χ3v) is 4.75. The highest BCUT2D eigenvalue weighted by atomic mass is 35.5. The smallest absolute Gasteiger partial charge is 0.317 e. The van der Waals surface area contributed by atoms with Crippen molar-refractivity contribution in [3.63, 3.8) is 0 Å². The molecular formula is C17H21ClN2O4S. The summed E-state index contributed by atoms with van der Waals surface area (Å²) in [6.45, 7) is 0.837. The summed E-state index contributed by atoms with van der Waals surface area (Å²) in [5.41, 5.74) is 0.843. The van der Waals surface area contributed by atoms with Gasteiger partial charge in [-0.3, -0.25) is 0 Å². The van der Waals surface area contributed by atoms with Crippen molar-refractivity contribution in [2.45, 2.75) is 13.1 Å². The van der Waals surface area contributed by atoms with Crippen molar-refractivity contribution in [3.8, 4) is 17.2 Å². The van der Waals surface area contributed by atoms with Gasteiger partial charge in [-0.15, -0.1) is 11.3 Å². The predicted molar refractivity (Wildman–Crippen MR) is 99.1 cm³/mol. The van der Waals surface area contributed by atoms with Crippen molar-refractivity contribution < 1.29 is 19.0 Å². The summed E-state index contributed by atoms with van der Waals surface area (Å²) in [5.74, 6) is 1.62. The van der Waals surface area contributed by atoms with Crippen LogP contribution in [0.3, 0.4) is 0 Å². The monoisotopic (exact) mass is 384 g/mol. The van der Waals surface area contributed by atoms with Crippen LogP contribution in [-0.4, -0.2) is 39.3 Å². The van der Waals surface area contributed by atoms with Gasteiger partial charge < -0.3 is 24.4 Å². The molecule has 8 heteroatoms. The van der Waals surface area contributed by atoms with E-state index in [1.165, 1.54) is 11.3 Å². The SMILES string of the molecule is COc1cc(CNC(=O)N(C)Cc2ccc(Cl)s2)cc(OC)c1OC. The van der Waals surface area contributed by atoms with Gasteiger partial charge in [0, 0.05) is 18.5 Å². The molecule has 0 spiro atoms. The summed E-state index contributed by atoms with van der Waals surface area (Å²) in [6.07, 6.45) is 0. The van der Waals surface area contributed by atoms with E-state index in [1.54, 1.807) is 45.4 Å². The molecule has 0 saturated heterocycles. The normalized spacial score (nSPS) is 10.3. The molecule has 0 unspecified atom stereocenters. The van der Waals surface area contributed by atoms with E-state index in [4.69, 9.17) is 25.8 Å². The van der Waals surface area contributed by atoms with Crippen molar-refractivity contribution in [1.29, 1.82) is 0 Å². The third kappa shape index (κ3) is 4.93. The number of thiophene rings is 1. The van der Waals surface area contributed by atoms with Gasteiger partial charge in [0.15, 0.2) is 11.5 Å². The fourth-order valence-electron chi connectivity index (χ4n) is 2.29. The Bertz CT molecular complexity index is 710. The largest absolute Gasteiger partial charge is 0.493 e. The van der Waals surface area contributed by atoms with E-state index in [-0.39, 0.29) is 6.03 Å². The zero-order valence-corrected chi connectivity index (χ0v) is 16.2. The summed E-state index contributed by atoms with van der Waals surface area (Å²) in [4.78, 5) is 14.9. The number of urea groups is 1. The fraction of sp³-hybridized carbons (Fsp3) is 0.353. The number of hydrogen-bond donors (Lipinski definition) is 1. The topological polar surface area (TPSA) is 60.0 Å². The van der Waals surface area contributed by atoms with Crippen LogP contribution in [0.5, 0.6) is 17.2 Å². The second kappa shape index (κ2) is 8.82. The highest BCUT2D eigenvalue weighted by Crippen LogP contribution is 2.38. The quantitative estimate of drug-likeness (QED) is 0.789. The van der Waals surface area contributed by atoms with E-state index >= 15 is 0 Å². The van der Waals surface area contributed by atoms with Crippen molar-refractivity contribution in [2.75, 3.05) is 28.4 Å². The average molecular weight is 385 g/mol. The highest BCUT2D eigenvalue weighted by Gasteiger charge is 2.15. The average Bonchev–Trinajstić information content (AvgIpc) is 3.03. The molecule has 0 atom stereocenters. The summed E-state index contributed by atoms with van der Waals surface area (Å²) in [5, 5.41) is 2.87. The van der Waals surface area contributed by atoms with E-state index in [1.807, 2.05) is 12.1 Å². The fourth-order valence-corrected chi connectivity index (χ4v) is 3.43. The Kier molecular flexibility index (Phi) is 6.78. The molecule has 1 N–H and O–H groups in total. The van der Waals surface area contributed by atoms with Gasteiger partial charge in [-0.2, -0.15) is 0 Å². The van der Waals surface area contributed by atoms with Crippen LogP contribution in [0.2, 0.25) is 4.34 Å². The van der Waals surface area contributed by atoms with Gasteiger partial charge in [-0.25, -0.2) is 4.79 Å². The Morgan fingerprint density at radius 2 is 1.80 bits per heavy atom. The molecule has 1 aromatic heterocycles. The second-order valence-corrected chi connectivity index (χ2v) is 7.05. The number of nitrogens with zero attached hydrogens (tertiary/aromatic N) is 1. The second-order valence-electron chi connectivity index (χ2n) is 5.25. The molecule has 2 aromatic rings. The molecule has 0 saturated carbocycles. The van der Waals surface area contributed by atoms with Crippen LogP contribution in [0.25, 0.3) is 0 Å². The Morgan fingerprint density at radius 1 is 1.16 bits per heavy atom. The van der Waals surface area contributed by atoms with Gasteiger partial charge in [-0.05, 0) is 29.8 Å². The Morgan fingerprint density at radius 3 is 2.28 bits per heavy atom. The lowest BCUT2D eigenvalue weighted by molar-refractivity contribution is 0.207. The number of hydrogen-bond acceptors (Lipinski definition) is 5. The third-order valence-electron chi connectivity index (χ3n) is 3.54. The standard InChI is InChI=1S/C17H21ClN2O4S/c1-20(10-12-5-6-15(18)25-12)17(21)19-9-11-7-13(22-2)16(24-4)14(8-11)23-3/h5-8H,9-10H2,1-4H3,(H,19,21). The molecule has 136 valence electrons. The molecule has 25 heavy (non-hydrogen) atoms. The highest BCUT2D eigenvalue weighted by molar-refractivity contribution is 7.16.